The highest BCUT2D eigenvalue weighted by molar-refractivity contribution is 5.44. The Kier molecular flexibility index (Phi) is 3.87. The normalized spacial score (nSPS) is 17.8. The summed E-state index contributed by atoms with van der Waals surface area (Å²) in [5.74, 6) is 2.06. The standard InChI is InChI=1S/C15H21N5O2/c1-10-13(14(22-4)19(2)18-10)11-6-5-9-20(11)15-16-8-7-12(17-15)21-3/h7-8,11H,5-6,9H2,1-4H3/t11-/m1/s1. The smallest absolute Gasteiger partial charge is 0.229 e. The van der Waals surface area contributed by atoms with Crippen molar-refractivity contribution in [2.24, 2.45) is 7.05 Å². The molecule has 3 rings (SSSR count). The van der Waals surface area contributed by atoms with Gasteiger partial charge in [0.25, 0.3) is 0 Å². The minimum atomic E-state index is 0.177. The van der Waals surface area contributed by atoms with E-state index in [1.165, 1.54) is 0 Å². The molecule has 1 aliphatic rings. The summed E-state index contributed by atoms with van der Waals surface area (Å²) in [7, 11) is 5.19. The van der Waals surface area contributed by atoms with Gasteiger partial charge in [-0.1, -0.05) is 0 Å². The van der Waals surface area contributed by atoms with E-state index in [1.807, 2.05) is 14.0 Å². The molecule has 0 bridgehead atoms. The first kappa shape index (κ1) is 14.6. The van der Waals surface area contributed by atoms with Crippen molar-refractivity contribution in [3.05, 3.63) is 23.5 Å². The summed E-state index contributed by atoms with van der Waals surface area (Å²) in [4.78, 5) is 11.1. The quantitative estimate of drug-likeness (QED) is 0.859. The maximum atomic E-state index is 5.55. The fourth-order valence-electron chi connectivity index (χ4n) is 3.17. The average molecular weight is 303 g/mol. The molecule has 2 aromatic heterocycles. The summed E-state index contributed by atoms with van der Waals surface area (Å²) in [6, 6.07) is 1.93. The SMILES string of the molecule is COc1ccnc(N2CCC[C@@H]2c2c(C)nn(C)c2OC)n1. The lowest BCUT2D eigenvalue weighted by molar-refractivity contribution is 0.366. The number of hydrogen-bond donors (Lipinski definition) is 0. The number of aryl methyl sites for hydroxylation is 2. The molecule has 22 heavy (non-hydrogen) atoms. The van der Waals surface area contributed by atoms with E-state index in [-0.39, 0.29) is 6.04 Å². The Labute approximate surface area is 129 Å². The highest BCUT2D eigenvalue weighted by Crippen LogP contribution is 2.40. The molecule has 1 aliphatic heterocycles. The van der Waals surface area contributed by atoms with Crippen molar-refractivity contribution in [1.29, 1.82) is 0 Å². The van der Waals surface area contributed by atoms with E-state index >= 15 is 0 Å². The first-order valence-corrected chi connectivity index (χ1v) is 7.37. The lowest BCUT2D eigenvalue weighted by atomic mass is 10.1. The van der Waals surface area contributed by atoms with Crippen molar-refractivity contribution >= 4 is 5.95 Å². The molecular formula is C15H21N5O2. The number of ether oxygens (including phenoxy) is 2. The van der Waals surface area contributed by atoms with E-state index < -0.39 is 0 Å². The van der Waals surface area contributed by atoms with Gasteiger partial charge in [0, 0.05) is 25.9 Å². The third-order valence-corrected chi connectivity index (χ3v) is 4.08. The Morgan fingerprint density at radius 2 is 2.09 bits per heavy atom. The van der Waals surface area contributed by atoms with E-state index in [9.17, 15) is 0 Å². The van der Waals surface area contributed by atoms with Gasteiger partial charge in [-0.3, -0.25) is 0 Å². The van der Waals surface area contributed by atoms with Crippen molar-refractivity contribution < 1.29 is 9.47 Å². The lowest BCUT2D eigenvalue weighted by Gasteiger charge is -2.25. The molecule has 1 saturated heterocycles. The molecule has 1 fully saturated rings. The zero-order valence-corrected chi connectivity index (χ0v) is 13.4. The van der Waals surface area contributed by atoms with Gasteiger partial charge in [-0.2, -0.15) is 10.1 Å². The maximum absolute atomic E-state index is 5.55. The van der Waals surface area contributed by atoms with Crippen LogP contribution in [0.3, 0.4) is 0 Å². The summed E-state index contributed by atoms with van der Waals surface area (Å²) < 4.78 is 12.5. The molecule has 0 radical (unpaired) electrons. The van der Waals surface area contributed by atoms with Crippen LogP contribution in [0.1, 0.15) is 30.1 Å². The molecule has 118 valence electrons. The number of methoxy groups -OCH3 is 2. The number of hydrogen-bond acceptors (Lipinski definition) is 6. The maximum Gasteiger partial charge on any atom is 0.229 e. The van der Waals surface area contributed by atoms with Crippen LogP contribution in [0.2, 0.25) is 0 Å². The third-order valence-electron chi connectivity index (χ3n) is 4.08. The molecule has 7 nitrogen and oxygen atoms in total. The Balaban J connectivity index is 2.00. The van der Waals surface area contributed by atoms with Crippen LogP contribution in [0.25, 0.3) is 0 Å². The zero-order chi connectivity index (χ0) is 15.7. The minimum absolute atomic E-state index is 0.177. The van der Waals surface area contributed by atoms with Gasteiger partial charge in [0.1, 0.15) is 0 Å². The molecule has 0 saturated carbocycles. The topological polar surface area (TPSA) is 65.3 Å². The summed E-state index contributed by atoms with van der Waals surface area (Å²) in [6.07, 6.45) is 3.84. The molecule has 0 N–H and O–H groups in total. The molecule has 0 aliphatic carbocycles. The van der Waals surface area contributed by atoms with Gasteiger partial charge in [0.05, 0.1) is 31.5 Å². The van der Waals surface area contributed by atoms with E-state index in [2.05, 4.69) is 20.0 Å². The lowest BCUT2D eigenvalue weighted by Crippen LogP contribution is -2.25. The van der Waals surface area contributed by atoms with E-state index in [0.29, 0.717) is 11.8 Å². The largest absolute Gasteiger partial charge is 0.481 e. The van der Waals surface area contributed by atoms with E-state index in [4.69, 9.17) is 9.47 Å². The summed E-state index contributed by atoms with van der Waals surface area (Å²) in [5.41, 5.74) is 2.10. The van der Waals surface area contributed by atoms with Gasteiger partial charge in [0.2, 0.25) is 17.7 Å². The number of nitrogens with zero attached hydrogens (tertiary/aromatic N) is 5. The van der Waals surface area contributed by atoms with Crippen molar-refractivity contribution in [1.82, 2.24) is 19.7 Å². The van der Waals surface area contributed by atoms with Crippen LogP contribution in [0.15, 0.2) is 12.3 Å². The first-order chi connectivity index (χ1) is 10.7. The first-order valence-electron chi connectivity index (χ1n) is 7.37. The Hall–Kier alpha value is -2.31. The van der Waals surface area contributed by atoms with E-state index in [1.54, 1.807) is 31.2 Å². The molecule has 3 heterocycles. The molecular weight excluding hydrogens is 282 g/mol. The molecule has 0 unspecified atom stereocenters. The van der Waals surface area contributed by atoms with Gasteiger partial charge in [-0.15, -0.1) is 0 Å². The van der Waals surface area contributed by atoms with Crippen molar-refractivity contribution in [2.75, 3.05) is 25.7 Å². The van der Waals surface area contributed by atoms with Crippen LogP contribution in [-0.2, 0) is 7.05 Å². The van der Waals surface area contributed by atoms with Crippen LogP contribution < -0.4 is 14.4 Å². The van der Waals surface area contributed by atoms with Gasteiger partial charge in [0.15, 0.2) is 0 Å². The number of anilines is 1. The second-order valence-corrected chi connectivity index (χ2v) is 5.38. The van der Waals surface area contributed by atoms with Crippen LogP contribution in [0.4, 0.5) is 5.95 Å². The van der Waals surface area contributed by atoms with Crippen LogP contribution in [-0.4, -0.2) is 40.5 Å². The summed E-state index contributed by atoms with van der Waals surface area (Å²) in [5, 5.41) is 4.49. The summed E-state index contributed by atoms with van der Waals surface area (Å²) >= 11 is 0. The number of rotatable bonds is 4. The minimum Gasteiger partial charge on any atom is -0.481 e. The molecule has 1 atom stereocenters. The van der Waals surface area contributed by atoms with Gasteiger partial charge >= 0.3 is 0 Å². The second kappa shape index (κ2) is 5.82. The van der Waals surface area contributed by atoms with Crippen molar-refractivity contribution in [2.45, 2.75) is 25.8 Å². The monoisotopic (exact) mass is 303 g/mol. The molecule has 7 heteroatoms. The third kappa shape index (κ3) is 2.36. The Morgan fingerprint density at radius 1 is 1.27 bits per heavy atom. The molecule has 0 spiro atoms. The van der Waals surface area contributed by atoms with E-state index in [0.717, 1.165) is 36.5 Å². The predicted molar refractivity (Wildman–Crippen MR) is 82.4 cm³/mol. The van der Waals surface area contributed by atoms with Crippen molar-refractivity contribution in [3.8, 4) is 11.8 Å². The average Bonchev–Trinajstić information content (AvgIpc) is 3.10. The molecule has 0 aromatic carbocycles. The molecule has 2 aromatic rings. The van der Waals surface area contributed by atoms with Gasteiger partial charge < -0.3 is 14.4 Å². The molecule has 0 amide bonds. The predicted octanol–water partition coefficient (Wildman–Crippen LogP) is 1.88. The van der Waals surface area contributed by atoms with Crippen LogP contribution in [0, 0.1) is 6.92 Å². The fraction of sp³-hybridized carbons (Fsp3) is 0.533. The van der Waals surface area contributed by atoms with Crippen molar-refractivity contribution in [3.63, 3.8) is 0 Å². The number of aromatic nitrogens is 4. The zero-order valence-electron chi connectivity index (χ0n) is 13.4. The summed E-state index contributed by atoms with van der Waals surface area (Å²) in [6.45, 7) is 2.93. The van der Waals surface area contributed by atoms with Gasteiger partial charge in [-0.05, 0) is 19.8 Å². The van der Waals surface area contributed by atoms with Crippen LogP contribution >= 0.6 is 0 Å². The van der Waals surface area contributed by atoms with Crippen LogP contribution in [0.5, 0.6) is 11.8 Å². The Morgan fingerprint density at radius 3 is 2.82 bits per heavy atom. The second-order valence-electron chi connectivity index (χ2n) is 5.38. The highest BCUT2D eigenvalue weighted by Gasteiger charge is 2.33. The highest BCUT2D eigenvalue weighted by atomic mass is 16.5. The Bertz CT molecular complexity index is 670. The fourth-order valence-corrected chi connectivity index (χ4v) is 3.17. The van der Waals surface area contributed by atoms with Gasteiger partial charge in [-0.25, -0.2) is 9.67 Å².